The van der Waals surface area contributed by atoms with Crippen LogP contribution in [-0.2, 0) is 17.9 Å². The first-order valence-electron chi connectivity index (χ1n) is 4.27. The van der Waals surface area contributed by atoms with Crippen molar-refractivity contribution in [1.29, 1.82) is 0 Å². The van der Waals surface area contributed by atoms with Gasteiger partial charge in [-0.05, 0) is 0 Å². The lowest BCUT2D eigenvalue weighted by molar-refractivity contribution is 0.155. The van der Waals surface area contributed by atoms with Crippen molar-refractivity contribution >= 4 is 0 Å². The van der Waals surface area contributed by atoms with Crippen LogP contribution in [0.3, 0.4) is 0 Å². The average Bonchev–Trinajstić information content (AvgIpc) is 2.79. The number of imidazole rings is 1. The molecule has 0 aliphatic carbocycles. The van der Waals surface area contributed by atoms with Gasteiger partial charge in [-0.2, -0.15) is 0 Å². The van der Waals surface area contributed by atoms with E-state index in [4.69, 9.17) is 9.26 Å². The van der Waals surface area contributed by atoms with E-state index in [1.165, 1.54) is 0 Å². The summed E-state index contributed by atoms with van der Waals surface area (Å²) in [6.45, 7) is 1.13. The summed E-state index contributed by atoms with van der Waals surface area (Å²) < 4.78 is 11.9. The second kappa shape index (κ2) is 4.06. The zero-order chi connectivity index (χ0) is 9.80. The molecule has 0 unspecified atom stereocenters. The van der Waals surface area contributed by atoms with Crippen molar-refractivity contribution in [2.45, 2.75) is 13.2 Å². The molecule has 5 heteroatoms. The Morgan fingerprint density at radius 3 is 3.21 bits per heavy atom. The van der Waals surface area contributed by atoms with E-state index in [0.717, 1.165) is 11.5 Å². The largest absolute Gasteiger partial charge is 0.377 e. The van der Waals surface area contributed by atoms with Gasteiger partial charge >= 0.3 is 0 Å². The molecule has 0 amide bonds. The van der Waals surface area contributed by atoms with Gasteiger partial charge in [0.2, 0.25) is 0 Å². The summed E-state index contributed by atoms with van der Waals surface area (Å²) in [6, 6.07) is 1.88. The lowest BCUT2D eigenvalue weighted by Gasteiger charge is -1.94. The Morgan fingerprint density at radius 1 is 1.57 bits per heavy atom. The summed E-state index contributed by atoms with van der Waals surface area (Å²) >= 11 is 0. The molecular weight excluding hydrogens is 182 g/mol. The minimum atomic E-state index is 0.455. The van der Waals surface area contributed by atoms with Crippen LogP contribution in [0.2, 0.25) is 0 Å². The molecule has 0 radical (unpaired) electrons. The Balaban J connectivity index is 2.03. The van der Waals surface area contributed by atoms with Gasteiger partial charge in [0, 0.05) is 25.6 Å². The smallest absolute Gasteiger partial charge is 0.162 e. The zero-order valence-corrected chi connectivity index (χ0v) is 7.88. The quantitative estimate of drug-likeness (QED) is 0.728. The minimum absolute atomic E-state index is 0.455. The van der Waals surface area contributed by atoms with E-state index in [1.54, 1.807) is 19.6 Å². The number of hydrogen-bond donors (Lipinski definition) is 0. The molecule has 0 atom stereocenters. The predicted octanol–water partition coefficient (Wildman–Crippen LogP) is 1.07. The Bertz CT molecular complexity index is 380. The van der Waals surface area contributed by atoms with Gasteiger partial charge in [-0.3, -0.25) is 0 Å². The van der Waals surface area contributed by atoms with E-state index in [0.29, 0.717) is 13.2 Å². The highest BCUT2D eigenvalue weighted by atomic mass is 16.5. The summed E-state index contributed by atoms with van der Waals surface area (Å²) in [7, 11) is 1.62. The van der Waals surface area contributed by atoms with Gasteiger partial charge in [0.1, 0.15) is 12.3 Å². The predicted molar refractivity (Wildman–Crippen MR) is 48.5 cm³/mol. The van der Waals surface area contributed by atoms with Crippen LogP contribution in [0.25, 0.3) is 0 Å². The zero-order valence-electron chi connectivity index (χ0n) is 7.88. The van der Waals surface area contributed by atoms with Crippen molar-refractivity contribution in [3.63, 3.8) is 0 Å². The number of ether oxygens (including phenoxy) is 1. The summed E-state index contributed by atoms with van der Waals surface area (Å²) in [4.78, 5) is 3.94. The maximum atomic E-state index is 5.05. The number of rotatable bonds is 4. The normalized spacial score (nSPS) is 10.6. The fourth-order valence-electron chi connectivity index (χ4n) is 1.21. The van der Waals surface area contributed by atoms with Crippen molar-refractivity contribution < 1.29 is 9.26 Å². The van der Waals surface area contributed by atoms with Crippen LogP contribution in [0.1, 0.15) is 11.5 Å². The van der Waals surface area contributed by atoms with E-state index < -0.39 is 0 Å². The number of aromatic nitrogens is 3. The van der Waals surface area contributed by atoms with Gasteiger partial charge in [-0.25, -0.2) is 4.98 Å². The molecule has 0 N–H and O–H groups in total. The molecule has 2 aromatic heterocycles. The van der Waals surface area contributed by atoms with Crippen molar-refractivity contribution in [3.05, 3.63) is 36.2 Å². The van der Waals surface area contributed by atoms with E-state index in [-0.39, 0.29) is 0 Å². The van der Waals surface area contributed by atoms with Crippen LogP contribution in [0.15, 0.2) is 29.3 Å². The van der Waals surface area contributed by atoms with Crippen LogP contribution in [0.5, 0.6) is 0 Å². The van der Waals surface area contributed by atoms with Gasteiger partial charge in [-0.15, -0.1) is 0 Å². The molecule has 0 aromatic carbocycles. The average molecular weight is 193 g/mol. The van der Waals surface area contributed by atoms with Crippen molar-refractivity contribution in [3.8, 4) is 0 Å². The molecule has 0 spiro atoms. The highest BCUT2D eigenvalue weighted by Gasteiger charge is 2.03. The SMILES string of the molecule is COCc1cc(Cn2ccnc2)no1. The molecule has 0 fully saturated rings. The Labute approximate surface area is 81.3 Å². The molecule has 0 saturated heterocycles. The molecule has 14 heavy (non-hydrogen) atoms. The third-order valence-electron chi connectivity index (χ3n) is 1.80. The van der Waals surface area contributed by atoms with E-state index in [1.807, 2.05) is 16.8 Å². The Kier molecular flexibility index (Phi) is 2.60. The van der Waals surface area contributed by atoms with Crippen molar-refractivity contribution in [2.75, 3.05) is 7.11 Å². The molecule has 0 aliphatic heterocycles. The minimum Gasteiger partial charge on any atom is -0.377 e. The standard InChI is InChI=1S/C9H11N3O2/c1-13-6-9-4-8(11-14-9)5-12-3-2-10-7-12/h2-4,7H,5-6H2,1H3. The van der Waals surface area contributed by atoms with Gasteiger partial charge in [-0.1, -0.05) is 5.16 Å². The fraction of sp³-hybridized carbons (Fsp3) is 0.333. The third-order valence-corrected chi connectivity index (χ3v) is 1.80. The molecule has 0 bridgehead atoms. The van der Waals surface area contributed by atoms with Crippen LogP contribution in [-0.4, -0.2) is 21.8 Å². The summed E-state index contributed by atoms with van der Waals surface area (Å²) in [5.41, 5.74) is 0.870. The summed E-state index contributed by atoms with van der Waals surface area (Å²) in [5, 5.41) is 3.91. The highest BCUT2D eigenvalue weighted by Crippen LogP contribution is 2.06. The number of methoxy groups -OCH3 is 1. The number of hydrogen-bond acceptors (Lipinski definition) is 4. The first kappa shape index (κ1) is 8.96. The second-order valence-electron chi connectivity index (χ2n) is 2.95. The topological polar surface area (TPSA) is 53.1 Å². The fourth-order valence-corrected chi connectivity index (χ4v) is 1.21. The maximum absolute atomic E-state index is 5.05. The molecule has 2 aromatic rings. The Hall–Kier alpha value is -1.62. The first-order chi connectivity index (χ1) is 6.88. The van der Waals surface area contributed by atoms with E-state index >= 15 is 0 Å². The monoisotopic (exact) mass is 193 g/mol. The second-order valence-corrected chi connectivity index (χ2v) is 2.95. The molecule has 0 aliphatic rings. The molecule has 2 rings (SSSR count). The van der Waals surface area contributed by atoms with Crippen molar-refractivity contribution in [1.82, 2.24) is 14.7 Å². The van der Waals surface area contributed by atoms with Crippen LogP contribution in [0.4, 0.5) is 0 Å². The molecule has 74 valence electrons. The lowest BCUT2D eigenvalue weighted by Crippen LogP contribution is -1.95. The number of nitrogens with zero attached hydrogens (tertiary/aromatic N) is 3. The lowest BCUT2D eigenvalue weighted by atomic mass is 10.3. The molecule has 5 nitrogen and oxygen atoms in total. The molecular formula is C9H11N3O2. The van der Waals surface area contributed by atoms with Crippen LogP contribution >= 0.6 is 0 Å². The molecule has 0 saturated carbocycles. The van der Waals surface area contributed by atoms with Crippen molar-refractivity contribution in [2.24, 2.45) is 0 Å². The Morgan fingerprint density at radius 2 is 2.50 bits per heavy atom. The van der Waals surface area contributed by atoms with Gasteiger partial charge < -0.3 is 13.8 Å². The highest BCUT2D eigenvalue weighted by molar-refractivity contribution is 5.05. The summed E-state index contributed by atoms with van der Waals surface area (Å²) in [6.07, 6.45) is 5.35. The maximum Gasteiger partial charge on any atom is 0.162 e. The van der Waals surface area contributed by atoms with Crippen LogP contribution in [0, 0.1) is 0 Å². The van der Waals surface area contributed by atoms with Gasteiger partial charge in [0.05, 0.1) is 12.9 Å². The summed E-state index contributed by atoms with van der Waals surface area (Å²) in [5.74, 6) is 0.739. The van der Waals surface area contributed by atoms with Crippen LogP contribution < -0.4 is 0 Å². The van der Waals surface area contributed by atoms with Gasteiger partial charge in [0.25, 0.3) is 0 Å². The van der Waals surface area contributed by atoms with Gasteiger partial charge in [0.15, 0.2) is 5.76 Å². The molecule has 2 heterocycles. The van der Waals surface area contributed by atoms with E-state index in [9.17, 15) is 0 Å². The first-order valence-corrected chi connectivity index (χ1v) is 4.27. The third kappa shape index (κ3) is 2.00. The van der Waals surface area contributed by atoms with E-state index in [2.05, 4.69) is 10.1 Å².